The molecule has 0 bridgehead atoms. The van der Waals surface area contributed by atoms with Crippen molar-refractivity contribution in [2.24, 2.45) is 0 Å². The number of hydrogen-bond acceptors (Lipinski definition) is 4. The van der Waals surface area contributed by atoms with Crippen molar-refractivity contribution in [1.82, 2.24) is 5.32 Å². The highest BCUT2D eigenvalue weighted by Crippen LogP contribution is 2.51. The zero-order valence-corrected chi connectivity index (χ0v) is 19.6. The van der Waals surface area contributed by atoms with Gasteiger partial charge in [-0.05, 0) is 78.3 Å². The van der Waals surface area contributed by atoms with Crippen molar-refractivity contribution in [3.63, 3.8) is 0 Å². The first-order valence-electron chi connectivity index (χ1n) is 11.9. The molecule has 176 valence electrons. The number of carbonyl (C=O) groups is 2. The number of nitrogens with one attached hydrogen (secondary N) is 1. The number of rotatable bonds is 8. The summed E-state index contributed by atoms with van der Waals surface area (Å²) < 4.78 is 10.9. The molecule has 0 saturated heterocycles. The quantitative estimate of drug-likeness (QED) is 0.477. The van der Waals surface area contributed by atoms with Crippen molar-refractivity contribution in [3.05, 3.63) is 82.9 Å². The monoisotopic (exact) mass is 457 g/mol. The van der Waals surface area contributed by atoms with Gasteiger partial charge in [0.15, 0.2) is 11.5 Å². The lowest BCUT2D eigenvalue weighted by atomic mass is 9.87. The van der Waals surface area contributed by atoms with Crippen molar-refractivity contribution in [2.45, 2.75) is 44.9 Å². The number of carbonyl (C=O) groups excluding carboxylic acids is 2. The molecule has 1 amide bonds. The fourth-order valence-corrected chi connectivity index (χ4v) is 4.63. The fraction of sp³-hybridized carbons (Fsp3) is 0.310. The van der Waals surface area contributed by atoms with Crippen LogP contribution >= 0.6 is 0 Å². The molecule has 0 aromatic heterocycles. The molecule has 0 radical (unpaired) electrons. The van der Waals surface area contributed by atoms with E-state index < -0.39 is 5.41 Å². The second kappa shape index (κ2) is 8.98. The summed E-state index contributed by atoms with van der Waals surface area (Å²) in [4.78, 5) is 25.6. The van der Waals surface area contributed by atoms with Gasteiger partial charge in [0.25, 0.3) is 5.91 Å². The predicted octanol–water partition coefficient (Wildman–Crippen LogP) is 5.62. The zero-order chi connectivity index (χ0) is 23.7. The molecule has 1 aliphatic carbocycles. The highest BCUT2D eigenvalue weighted by molar-refractivity contribution is 5.95. The lowest BCUT2D eigenvalue weighted by Crippen LogP contribution is -2.23. The molecule has 0 spiro atoms. The molecule has 1 N–H and O–H groups in total. The van der Waals surface area contributed by atoms with E-state index in [-0.39, 0.29) is 19.9 Å². The molecule has 2 aliphatic rings. The Bertz CT molecular complexity index is 1250. The van der Waals surface area contributed by atoms with Crippen LogP contribution in [-0.4, -0.2) is 25.0 Å². The van der Waals surface area contributed by atoms with Gasteiger partial charge < -0.3 is 14.8 Å². The minimum atomic E-state index is -0.417. The Kier molecular flexibility index (Phi) is 5.86. The van der Waals surface area contributed by atoms with E-state index in [1.165, 1.54) is 0 Å². The SMILES string of the molecule is CCCNC(=O)c1ccc(-c2cc(CC(=O)C3(c4ccc5c(c4)OCO5)CC3)ccc2C)cc1.[HH]. The second-order valence-corrected chi connectivity index (χ2v) is 9.23. The van der Waals surface area contributed by atoms with Crippen LogP contribution in [-0.2, 0) is 16.6 Å². The standard InChI is InChI=1S/C29H29NO4.H2/c1-3-14-30-28(32)22-8-6-21(7-9-22)24-15-20(5-4-19(24)2)16-27(31)29(12-13-29)23-10-11-25-26(17-23)34-18-33-25;/h4-11,15,17H,3,12-14,16,18H2,1-2H3,(H,30,32);1H. The first kappa shape index (κ1) is 22.2. The third kappa shape index (κ3) is 4.18. The van der Waals surface area contributed by atoms with Gasteiger partial charge in [-0.2, -0.15) is 0 Å². The Balaban J connectivity index is 0.00000289. The highest BCUT2D eigenvalue weighted by Gasteiger charge is 2.50. The lowest BCUT2D eigenvalue weighted by molar-refractivity contribution is -0.120. The van der Waals surface area contributed by atoms with Gasteiger partial charge in [0.2, 0.25) is 6.79 Å². The van der Waals surface area contributed by atoms with E-state index in [0.717, 1.165) is 58.6 Å². The van der Waals surface area contributed by atoms with E-state index >= 15 is 0 Å². The molecule has 1 heterocycles. The summed E-state index contributed by atoms with van der Waals surface area (Å²) in [5, 5.41) is 2.91. The normalized spacial score (nSPS) is 15.1. The molecule has 1 aliphatic heterocycles. The molecular formula is C29H31NO4. The van der Waals surface area contributed by atoms with E-state index in [4.69, 9.17) is 9.47 Å². The molecular weight excluding hydrogens is 426 g/mol. The van der Waals surface area contributed by atoms with Gasteiger partial charge in [-0.1, -0.05) is 43.3 Å². The van der Waals surface area contributed by atoms with Crippen LogP contribution in [0, 0.1) is 6.92 Å². The van der Waals surface area contributed by atoms with E-state index in [2.05, 4.69) is 24.4 Å². The van der Waals surface area contributed by atoms with E-state index in [9.17, 15) is 9.59 Å². The summed E-state index contributed by atoms with van der Waals surface area (Å²) in [5.74, 6) is 1.65. The molecule has 3 aromatic rings. The minimum Gasteiger partial charge on any atom is -0.454 e. The average molecular weight is 458 g/mol. The first-order valence-corrected chi connectivity index (χ1v) is 11.9. The van der Waals surface area contributed by atoms with Crippen LogP contribution in [0.25, 0.3) is 11.1 Å². The van der Waals surface area contributed by atoms with Crippen molar-refractivity contribution in [3.8, 4) is 22.6 Å². The molecule has 5 heteroatoms. The molecule has 0 unspecified atom stereocenters. The molecule has 34 heavy (non-hydrogen) atoms. The summed E-state index contributed by atoms with van der Waals surface area (Å²) in [6, 6.07) is 19.7. The molecule has 1 saturated carbocycles. The summed E-state index contributed by atoms with van der Waals surface area (Å²) in [6.45, 7) is 5.00. The van der Waals surface area contributed by atoms with Crippen LogP contribution in [0.2, 0.25) is 0 Å². The van der Waals surface area contributed by atoms with Crippen LogP contribution in [0.3, 0.4) is 0 Å². The molecule has 3 aromatic carbocycles. The number of aryl methyl sites for hydroxylation is 1. The van der Waals surface area contributed by atoms with Gasteiger partial charge in [0.1, 0.15) is 5.78 Å². The maximum atomic E-state index is 13.4. The van der Waals surface area contributed by atoms with Gasteiger partial charge in [0.05, 0.1) is 5.41 Å². The van der Waals surface area contributed by atoms with Crippen LogP contribution in [0.15, 0.2) is 60.7 Å². The van der Waals surface area contributed by atoms with Crippen LogP contribution in [0.1, 0.15) is 54.7 Å². The third-order valence-electron chi connectivity index (χ3n) is 6.87. The van der Waals surface area contributed by atoms with Crippen LogP contribution in [0.4, 0.5) is 0 Å². The predicted molar refractivity (Wildman–Crippen MR) is 134 cm³/mol. The number of hydrogen-bond donors (Lipinski definition) is 1. The van der Waals surface area contributed by atoms with E-state index in [1.807, 2.05) is 55.5 Å². The maximum Gasteiger partial charge on any atom is 0.251 e. The van der Waals surface area contributed by atoms with E-state index in [0.29, 0.717) is 18.5 Å². The number of ketones is 1. The molecule has 5 nitrogen and oxygen atoms in total. The number of ether oxygens (including phenoxy) is 2. The third-order valence-corrected chi connectivity index (χ3v) is 6.87. The Morgan fingerprint density at radius 1 is 0.971 bits per heavy atom. The van der Waals surface area contributed by atoms with Gasteiger partial charge >= 0.3 is 0 Å². The summed E-state index contributed by atoms with van der Waals surface area (Å²) in [7, 11) is 0. The summed E-state index contributed by atoms with van der Waals surface area (Å²) >= 11 is 0. The zero-order valence-electron chi connectivity index (χ0n) is 19.6. The number of fused-ring (bicyclic) bond motifs is 1. The largest absolute Gasteiger partial charge is 0.454 e. The van der Waals surface area contributed by atoms with Gasteiger partial charge in [0, 0.05) is 20.0 Å². The molecule has 0 atom stereocenters. The second-order valence-electron chi connectivity index (χ2n) is 9.23. The maximum absolute atomic E-state index is 13.4. The highest BCUT2D eigenvalue weighted by atomic mass is 16.7. The lowest BCUT2D eigenvalue weighted by Gasteiger charge is -2.16. The van der Waals surface area contributed by atoms with Crippen molar-refractivity contribution in [1.29, 1.82) is 0 Å². The first-order chi connectivity index (χ1) is 16.5. The van der Waals surface area contributed by atoms with Gasteiger partial charge in [-0.3, -0.25) is 9.59 Å². The smallest absolute Gasteiger partial charge is 0.251 e. The fourth-order valence-electron chi connectivity index (χ4n) is 4.63. The Morgan fingerprint density at radius 2 is 1.74 bits per heavy atom. The molecule has 1 fully saturated rings. The number of amides is 1. The Labute approximate surface area is 201 Å². The van der Waals surface area contributed by atoms with Gasteiger partial charge in [-0.15, -0.1) is 0 Å². The average Bonchev–Trinajstić information content (AvgIpc) is 3.54. The van der Waals surface area contributed by atoms with Gasteiger partial charge in [-0.25, -0.2) is 0 Å². The summed E-state index contributed by atoms with van der Waals surface area (Å²) in [5.41, 5.74) is 5.51. The summed E-state index contributed by atoms with van der Waals surface area (Å²) in [6.07, 6.45) is 3.03. The number of benzene rings is 3. The Hall–Kier alpha value is -3.60. The number of Topliss-reactive ketones (excluding diaryl/α,β-unsaturated/α-hetero) is 1. The van der Waals surface area contributed by atoms with Crippen LogP contribution < -0.4 is 14.8 Å². The minimum absolute atomic E-state index is 0. The van der Waals surface area contributed by atoms with Crippen molar-refractivity contribution < 1.29 is 20.5 Å². The van der Waals surface area contributed by atoms with Crippen molar-refractivity contribution >= 4 is 11.7 Å². The van der Waals surface area contributed by atoms with Crippen molar-refractivity contribution in [2.75, 3.05) is 13.3 Å². The molecule has 5 rings (SSSR count). The van der Waals surface area contributed by atoms with E-state index in [1.54, 1.807) is 0 Å². The Morgan fingerprint density at radius 3 is 2.47 bits per heavy atom. The van der Waals surface area contributed by atoms with Crippen LogP contribution in [0.5, 0.6) is 11.5 Å². The topological polar surface area (TPSA) is 64.6 Å².